The van der Waals surface area contributed by atoms with Gasteiger partial charge in [0, 0.05) is 5.39 Å². The van der Waals surface area contributed by atoms with Gasteiger partial charge in [-0.15, -0.1) is 0 Å². The summed E-state index contributed by atoms with van der Waals surface area (Å²) < 4.78 is 10.9. The average molecular weight is 361 g/mol. The normalized spacial score (nSPS) is 14.7. The van der Waals surface area contributed by atoms with Crippen LogP contribution in [0.1, 0.15) is 36.4 Å². The van der Waals surface area contributed by atoms with Crippen molar-refractivity contribution < 1.29 is 14.3 Å². The molecular formula is C23H23NO3. The van der Waals surface area contributed by atoms with Crippen LogP contribution in [0.2, 0.25) is 0 Å². The summed E-state index contributed by atoms with van der Waals surface area (Å²) in [5.74, 6) is 1.09. The first-order valence-corrected chi connectivity index (χ1v) is 9.38. The lowest BCUT2D eigenvalue weighted by Crippen LogP contribution is -2.15. The number of benzene rings is 2. The first kappa shape index (κ1) is 17.5. The number of esters is 1. The molecule has 4 rings (SSSR count). The minimum absolute atomic E-state index is 0.157. The molecule has 1 aliphatic rings. The van der Waals surface area contributed by atoms with Crippen molar-refractivity contribution in [3.63, 3.8) is 0 Å². The highest BCUT2D eigenvalue weighted by Gasteiger charge is 2.30. The van der Waals surface area contributed by atoms with Crippen LogP contribution in [0.4, 0.5) is 0 Å². The molecular weight excluding hydrogens is 338 g/mol. The number of carbonyl (C=O) groups excluding carboxylic acids is 1. The van der Waals surface area contributed by atoms with E-state index in [1.807, 2.05) is 54.6 Å². The van der Waals surface area contributed by atoms with Gasteiger partial charge in [-0.25, -0.2) is 4.98 Å². The number of rotatable bonds is 7. The third-order valence-electron chi connectivity index (χ3n) is 5.08. The zero-order chi connectivity index (χ0) is 18.6. The summed E-state index contributed by atoms with van der Waals surface area (Å²) in [5.41, 5.74) is 2.85. The number of aromatic nitrogens is 1. The largest absolute Gasteiger partial charge is 0.487 e. The molecule has 4 heteroatoms. The number of fused-ring (bicyclic) bond motifs is 1. The van der Waals surface area contributed by atoms with E-state index in [4.69, 9.17) is 9.47 Å². The third kappa shape index (κ3) is 4.27. The highest BCUT2D eigenvalue weighted by molar-refractivity contribution is 5.78. The van der Waals surface area contributed by atoms with E-state index >= 15 is 0 Å². The molecule has 0 saturated heterocycles. The van der Waals surface area contributed by atoms with Crippen LogP contribution in [-0.2, 0) is 16.1 Å². The molecule has 0 radical (unpaired) electrons. The summed E-state index contributed by atoms with van der Waals surface area (Å²) in [4.78, 5) is 16.7. The topological polar surface area (TPSA) is 48.4 Å². The Bertz CT molecular complexity index is 932. The van der Waals surface area contributed by atoms with Crippen LogP contribution in [0.15, 0.2) is 60.7 Å². The minimum atomic E-state index is -0.182. The van der Waals surface area contributed by atoms with Gasteiger partial charge in [-0.05, 0) is 42.2 Å². The van der Waals surface area contributed by atoms with Crippen LogP contribution in [0.3, 0.4) is 0 Å². The molecule has 4 nitrogen and oxygen atoms in total. The van der Waals surface area contributed by atoms with Crippen molar-refractivity contribution in [2.45, 2.75) is 31.8 Å². The number of carbonyl (C=O) groups is 1. The minimum Gasteiger partial charge on any atom is -0.487 e. The van der Waals surface area contributed by atoms with E-state index in [1.54, 1.807) is 0 Å². The van der Waals surface area contributed by atoms with Gasteiger partial charge in [0.2, 0.25) is 0 Å². The molecule has 1 saturated carbocycles. The maximum Gasteiger partial charge on any atom is 0.313 e. The molecule has 0 spiro atoms. The monoisotopic (exact) mass is 361 g/mol. The Balaban J connectivity index is 1.42. The van der Waals surface area contributed by atoms with Gasteiger partial charge in [-0.3, -0.25) is 4.79 Å². The van der Waals surface area contributed by atoms with Crippen molar-refractivity contribution >= 4 is 16.9 Å². The fraction of sp³-hybridized carbons (Fsp3) is 0.304. The second-order valence-electron chi connectivity index (χ2n) is 7.11. The van der Waals surface area contributed by atoms with Crippen molar-refractivity contribution in [2.75, 3.05) is 7.11 Å². The Morgan fingerprint density at radius 2 is 1.85 bits per heavy atom. The van der Waals surface area contributed by atoms with E-state index in [-0.39, 0.29) is 11.9 Å². The lowest BCUT2D eigenvalue weighted by molar-refractivity contribution is -0.142. The summed E-state index contributed by atoms with van der Waals surface area (Å²) >= 11 is 0. The summed E-state index contributed by atoms with van der Waals surface area (Å²) in [6.45, 7) is 0.409. The van der Waals surface area contributed by atoms with Crippen molar-refractivity contribution in [2.24, 2.45) is 5.92 Å². The summed E-state index contributed by atoms with van der Waals surface area (Å²) in [6, 6.07) is 19.8. The molecule has 1 unspecified atom stereocenters. The molecule has 1 aliphatic carbocycles. The van der Waals surface area contributed by atoms with Crippen LogP contribution in [0.25, 0.3) is 10.9 Å². The Morgan fingerprint density at radius 1 is 1.07 bits per heavy atom. The lowest BCUT2D eigenvalue weighted by Gasteiger charge is -2.15. The van der Waals surface area contributed by atoms with Crippen LogP contribution in [-0.4, -0.2) is 18.1 Å². The van der Waals surface area contributed by atoms with E-state index in [9.17, 15) is 4.79 Å². The third-order valence-corrected chi connectivity index (χ3v) is 5.08. The number of hydrogen-bond donors (Lipinski definition) is 0. The maximum absolute atomic E-state index is 12.1. The standard InChI is InChI=1S/C23H23NO3/c1-26-23(25)21(14-16-6-7-16)17-9-12-20(13-10-17)27-15-19-11-8-18-4-2-3-5-22(18)24-19/h2-5,8-13,16,21H,6-7,14-15H2,1H3. The van der Waals surface area contributed by atoms with Gasteiger partial charge in [-0.1, -0.05) is 49.2 Å². The number of hydrogen-bond acceptors (Lipinski definition) is 4. The SMILES string of the molecule is COC(=O)C(CC1CC1)c1ccc(OCc2ccc3ccccc3n2)cc1. The van der Waals surface area contributed by atoms with Gasteiger partial charge < -0.3 is 9.47 Å². The fourth-order valence-corrected chi connectivity index (χ4v) is 3.34. The van der Waals surface area contributed by atoms with Crippen LogP contribution in [0.5, 0.6) is 5.75 Å². The Morgan fingerprint density at radius 3 is 2.59 bits per heavy atom. The molecule has 27 heavy (non-hydrogen) atoms. The van der Waals surface area contributed by atoms with E-state index in [0.29, 0.717) is 12.5 Å². The van der Waals surface area contributed by atoms with Gasteiger partial charge in [0.05, 0.1) is 24.2 Å². The second kappa shape index (κ2) is 7.78. The Labute approximate surface area is 159 Å². The van der Waals surface area contributed by atoms with Gasteiger partial charge >= 0.3 is 5.97 Å². The van der Waals surface area contributed by atoms with E-state index < -0.39 is 0 Å². The number of nitrogens with zero attached hydrogens (tertiary/aromatic N) is 1. The molecule has 2 aromatic carbocycles. The van der Waals surface area contributed by atoms with Crippen molar-refractivity contribution in [3.05, 3.63) is 71.9 Å². The molecule has 0 aliphatic heterocycles. The van der Waals surface area contributed by atoms with Crippen molar-refractivity contribution in [1.29, 1.82) is 0 Å². The van der Waals surface area contributed by atoms with Gasteiger partial charge in [0.15, 0.2) is 0 Å². The Kier molecular flexibility index (Phi) is 5.05. The van der Waals surface area contributed by atoms with Crippen LogP contribution >= 0.6 is 0 Å². The van der Waals surface area contributed by atoms with Gasteiger partial charge in [0.25, 0.3) is 0 Å². The fourth-order valence-electron chi connectivity index (χ4n) is 3.34. The number of methoxy groups -OCH3 is 1. The molecule has 138 valence electrons. The first-order valence-electron chi connectivity index (χ1n) is 9.38. The highest BCUT2D eigenvalue weighted by atomic mass is 16.5. The molecule has 1 fully saturated rings. The smallest absolute Gasteiger partial charge is 0.313 e. The zero-order valence-corrected chi connectivity index (χ0v) is 15.4. The maximum atomic E-state index is 12.1. The molecule has 1 heterocycles. The van der Waals surface area contributed by atoms with Crippen LogP contribution < -0.4 is 4.74 Å². The van der Waals surface area contributed by atoms with E-state index in [1.165, 1.54) is 20.0 Å². The number of ether oxygens (including phenoxy) is 2. The first-order chi connectivity index (χ1) is 13.2. The second-order valence-corrected chi connectivity index (χ2v) is 7.11. The summed E-state index contributed by atoms with van der Waals surface area (Å²) in [7, 11) is 1.45. The molecule has 1 atom stereocenters. The average Bonchev–Trinajstić information content (AvgIpc) is 3.54. The zero-order valence-electron chi connectivity index (χ0n) is 15.4. The molecule has 0 N–H and O–H groups in total. The van der Waals surface area contributed by atoms with Gasteiger partial charge in [0.1, 0.15) is 12.4 Å². The Hall–Kier alpha value is -2.88. The number of para-hydroxylation sites is 1. The van der Waals surface area contributed by atoms with Crippen molar-refractivity contribution in [3.8, 4) is 5.75 Å². The highest BCUT2D eigenvalue weighted by Crippen LogP contribution is 2.39. The number of pyridine rings is 1. The summed E-state index contributed by atoms with van der Waals surface area (Å²) in [6.07, 6.45) is 3.30. The lowest BCUT2D eigenvalue weighted by atomic mass is 9.93. The van der Waals surface area contributed by atoms with E-state index in [2.05, 4.69) is 11.1 Å². The van der Waals surface area contributed by atoms with Crippen LogP contribution in [0, 0.1) is 5.92 Å². The quantitative estimate of drug-likeness (QED) is 0.563. The molecule has 1 aromatic heterocycles. The molecule has 0 bridgehead atoms. The van der Waals surface area contributed by atoms with Gasteiger partial charge in [-0.2, -0.15) is 0 Å². The molecule has 0 amide bonds. The van der Waals surface area contributed by atoms with E-state index in [0.717, 1.165) is 34.3 Å². The van der Waals surface area contributed by atoms with Crippen molar-refractivity contribution in [1.82, 2.24) is 4.98 Å². The summed E-state index contributed by atoms with van der Waals surface area (Å²) in [5, 5.41) is 1.12. The predicted octanol–water partition coefficient (Wildman–Crippen LogP) is 4.87. The predicted molar refractivity (Wildman–Crippen MR) is 105 cm³/mol. The molecule has 3 aromatic rings.